The molecular weight excluding hydrogens is 430 g/mol. The zero-order valence-corrected chi connectivity index (χ0v) is 18.2. The highest BCUT2D eigenvalue weighted by Gasteiger charge is 2.23. The van der Waals surface area contributed by atoms with Gasteiger partial charge in [0.15, 0.2) is 0 Å². The third kappa shape index (κ3) is 3.98. The highest BCUT2D eigenvalue weighted by Crippen LogP contribution is 2.25. The lowest BCUT2D eigenvalue weighted by atomic mass is 10.1. The molecule has 26 heavy (non-hydrogen) atoms. The van der Waals surface area contributed by atoms with Crippen LogP contribution in [-0.2, 0) is 10.0 Å². The van der Waals surface area contributed by atoms with Crippen molar-refractivity contribution in [3.8, 4) is 16.9 Å². The van der Waals surface area contributed by atoms with Crippen LogP contribution >= 0.6 is 15.9 Å². The van der Waals surface area contributed by atoms with E-state index in [4.69, 9.17) is 10.2 Å². The van der Waals surface area contributed by atoms with E-state index in [0.717, 1.165) is 26.7 Å². The number of nitrogens with two attached hydrogens (primary N) is 1. The summed E-state index contributed by atoms with van der Waals surface area (Å²) in [6.45, 7) is 6.74. The number of sulfonamides is 1. The van der Waals surface area contributed by atoms with E-state index in [2.05, 4.69) is 41.6 Å². The fourth-order valence-corrected chi connectivity index (χ4v) is 4.30. The normalized spacial score (nSPS) is 12.3. The van der Waals surface area contributed by atoms with Gasteiger partial charge >= 0.3 is 0 Å². The Balaban J connectivity index is 2.16. The van der Waals surface area contributed by atoms with Crippen LogP contribution in [-0.4, -0.2) is 26.3 Å². The minimum atomic E-state index is -3.71. The molecule has 0 aliphatic heterocycles. The smallest absolute Gasteiger partial charge is 0.233 e. The van der Waals surface area contributed by atoms with Crippen molar-refractivity contribution in [2.45, 2.75) is 24.5 Å². The van der Waals surface area contributed by atoms with Gasteiger partial charge in [0.25, 0.3) is 0 Å². The number of hydrogen-bond acceptors (Lipinski definition) is 3. The van der Waals surface area contributed by atoms with Crippen LogP contribution in [0.3, 0.4) is 0 Å². The van der Waals surface area contributed by atoms with E-state index in [-0.39, 0.29) is 4.90 Å². The monoisotopic (exact) mass is 449 g/mol. The van der Waals surface area contributed by atoms with Gasteiger partial charge < -0.3 is 0 Å². The van der Waals surface area contributed by atoms with Gasteiger partial charge in [-0.1, -0.05) is 47.7 Å². The molecule has 0 fully saturated rings. The zero-order chi connectivity index (χ0) is 19.1. The van der Waals surface area contributed by atoms with Crippen LogP contribution in [0.2, 0.25) is 19.6 Å². The molecule has 1 aromatic heterocycles. The van der Waals surface area contributed by atoms with E-state index >= 15 is 0 Å². The summed E-state index contributed by atoms with van der Waals surface area (Å²) in [5.41, 5.74) is 2.80. The second kappa shape index (κ2) is 6.77. The molecule has 0 unspecified atom stereocenters. The van der Waals surface area contributed by atoms with Crippen molar-refractivity contribution in [3.63, 3.8) is 0 Å². The highest BCUT2D eigenvalue weighted by molar-refractivity contribution is 9.10. The maximum atomic E-state index is 11.5. The molecule has 2 aromatic carbocycles. The van der Waals surface area contributed by atoms with E-state index in [0.29, 0.717) is 0 Å². The SMILES string of the molecule is C[Si](C)(C)c1cc(-c2ccc(Br)cc2)n(-c2ccc(S(N)(=O)=O)cc2)n1. The Morgan fingerprint density at radius 1 is 1.00 bits per heavy atom. The van der Waals surface area contributed by atoms with Crippen molar-refractivity contribution >= 4 is 39.3 Å². The highest BCUT2D eigenvalue weighted by atomic mass is 79.9. The summed E-state index contributed by atoms with van der Waals surface area (Å²) in [5, 5.41) is 11.1. The maximum Gasteiger partial charge on any atom is 0.238 e. The summed E-state index contributed by atoms with van der Waals surface area (Å²) >= 11 is 3.46. The number of halogens is 1. The maximum absolute atomic E-state index is 11.5. The summed E-state index contributed by atoms with van der Waals surface area (Å²) < 4.78 is 25.9. The Morgan fingerprint density at radius 2 is 1.58 bits per heavy atom. The van der Waals surface area contributed by atoms with Crippen LogP contribution < -0.4 is 10.5 Å². The first kappa shape index (κ1) is 19.0. The summed E-state index contributed by atoms with van der Waals surface area (Å²) in [7, 11) is -5.33. The van der Waals surface area contributed by atoms with Crippen LogP contribution in [0.1, 0.15) is 0 Å². The Labute approximate surface area is 163 Å². The molecule has 3 rings (SSSR count). The molecule has 0 radical (unpaired) electrons. The summed E-state index contributed by atoms with van der Waals surface area (Å²) in [6, 6.07) is 16.6. The van der Waals surface area contributed by atoms with E-state index in [1.807, 2.05) is 28.9 Å². The van der Waals surface area contributed by atoms with Gasteiger partial charge in [-0.25, -0.2) is 18.2 Å². The van der Waals surface area contributed by atoms with Crippen molar-refractivity contribution < 1.29 is 8.42 Å². The predicted molar refractivity (Wildman–Crippen MR) is 111 cm³/mol. The Morgan fingerprint density at radius 3 is 2.08 bits per heavy atom. The van der Waals surface area contributed by atoms with E-state index in [1.54, 1.807) is 12.1 Å². The fourth-order valence-electron chi connectivity index (χ4n) is 2.55. The van der Waals surface area contributed by atoms with Crippen molar-refractivity contribution in [2.24, 2.45) is 5.14 Å². The van der Waals surface area contributed by atoms with Crippen molar-refractivity contribution in [2.75, 3.05) is 0 Å². The third-order valence-electron chi connectivity index (χ3n) is 4.03. The molecule has 2 N–H and O–H groups in total. The van der Waals surface area contributed by atoms with Crippen LogP contribution in [0.5, 0.6) is 0 Å². The lowest BCUT2D eigenvalue weighted by Gasteiger charge is -2.11. The van der Waals surface area contributed by atoms with Gasteiger partial charge in [-0.05, 0) is 42.5 Å². The number of primary sulfonamides is 1. The zero-order valence-electron chi connectivity index (χ0n) is 14.8. The largest absolute Gasteiger partial charge is 0.238 e. The molecule has 8 heteroatoms. The van der Waals surface area contributed by atoms with Crippen LogP contribution in [0.25, 0.3) is 16.9 Å². The molecule has 0 saturated heterocycles. The van der Waals surface area contributed by atoms with Gasteiger partial charge in [0.2, 0.25) is 10.0 Å². The van der Waals surface area contributed by atoms with E-state index in [9.17, 15) is 8.42 Å². The third-order valence-corrected chi connectivity index (χ3v) is 7.27. The first-order chi connectivity index (χ1) is 12.1. The van der Waals surface area contributed by atoms with Gasteiger partial charge in [0, 0.05) is 15.4 Å². The molecule has 3 aromatic rings. The van der Waals surface area contributed by atoms with Gasteiger partial charge in [0.05, 0.1) is 16.3 Å². The molecule has 0 bridgehead atoms. The summed E-state index contributed by atoms with van der Waals surface area (Å²) in [5.74, 6) is 0. The standard InChI is InChI=1S/C18H20BrN3O2SSi/c1-26(2,3)18-12-17(13-4-6-14(19)7-5-13)22(21-18)15-8-10-16(11-9-15)25(20,23)24/h4-12H,1-3H3,(H2,20,23,24). The molecule has 0 aliphatic carbocycles. The second-order valence-corrected chi connectivity index (χ2v) is 14.6. The average Bonchev–Trinajstić information content (AvgIpc) is 3.00. The molecule has 0 saturated carbocycles. The first-order valence-electron chi connectivity index (χ1n) is 8.05. The van der Waals surface area contributed by atoms with Crippen molar-refractivity contribution in [1.82, 2.24) is 9.78 Å². The predicted octanol–water partition coefficient (Wildman–Crippen LogP) is 3.49. The minimum absolute atomic E-state index is 0.0871. The Hall–Kier alpha value is -1.74. The van der Waals surface area contributed by atoms with Crippen molar-refractivity contribution in [1.29, 1.82) is 0 Å². The quantitative estimate of drug-likeness (QED) is 0.618. The van der Waals surface area contributed by atoms with E-state index < -0.39 is 18.1 Å². The molecule has 0 spiro atoms. The van der Waals surface area contributed by atoms with Gasteiger partial charge in [-0.3, -0.25) is 0 Å². The second-order valence-electron chi connectivity index (χ2n) is 7.12. The molecule has 136 valence electrons. The van der Waals surface area contributed by atoms with Crippen LogP contribution in [0.15, 0.2) is 64.0 Å². The molecular formula is C18H20BrN3O2SSi. The topological polar surface area (TPSA) is 78.0 Å². The van der Waals surface area contributed by atoms with Crippen LogP contribution in [0.4, 0.5) is 0 Å². The lowest BCUT2D eigenvalue weighted by Crippen LogP contribution is -2.39. The fraction of sp³-hybridized carbons (Fsp3) is 0.167. The first-order valence-corrected chi connectivity index (χ1v) is 13.9. The number of aromatic nitrogens is 2. The molecule has 0 amide bonds. The van der Waals surface area contributed by atoms with Gasteiger partial charge in [-0.15, -0.1) is 0 Å². The van der Waals surface area contributed by atoms with Crippen LogP contribution in [0, 0.1) is 0 Å². The van der Waals surface area contributed by atoms with Gasteiger partial charge in [0.1, 0.15) is 8.07 Å². The Bertz CT molecular complexity index is 1040. The van der Waals surface area contributed by atoms with E-state index in [1.165, 1.54) is 12.1 Å². The molecule has 1 heterocycles. The van der Waals surface area contributed by atoms with Gasteiger partial charge in [-0.2, -0.15) is 5.10 Å². The molecule has 0 atom stereocenters. The summed E-state index contributed by atoms with van der Waals surface area (Å²) in [4.78, 5) is 0.0871. The number of hydrogen-bond donors (Lipinski definition) is 1. The summed E-state index contributed by atoms with van der Waals surface area (Å²) in [6.07, 6.45) is 0. The number of benzene rings is 2. The number of rotatable bonds is 4. The van der Waals surface area contributed by atoms with Crippen molar-refractivity contribution in [3.05, 3.63) is 59.1 Å². The number of nitrogens with zero attached hydrogens (tertiary/aromatic N) is 2. The Kier molecular flexibility index (Phi) is 4.95. The minimum Gasteiger partial charge on any atom is -0.233 e. The molecule has 0 aliphatic rings. The average molecular weight is 450 g/mol. The lowest BCUT2D eigenvalue weighted by molar-refractivity contribution is 0.598. The molecule has 5 nitrogen and oxygen atoms in total.